The number of methoxy groups -OCH3 is 2. The second-order valence-corrected chi connectivity index (χ2v) is 5.41. The number of alkyl halides is 3. The van der Waals surface area contributed by atoms with Crippen LogP contribution in [-0.4, -0.2) is 18.8 Å². The molecule has 1 aromatic heterocycles. The summed E-state index contributed by atoms with van der Waals surface area (Å²) in [5.41, 5.74) is 0.804. The smallest absolute Gasteiger partial charge is 0.416 e. The standard InChI is InChI=1S/C18H16F3NO2/c1-23-16-9-13-6-7-22(15(13)10-17(16)24-2)11-12-4-3-5-14(8-12)18(19,20)21/h3-10H,11H2,1-2H3. The molecule has 0 saturated heterocycles. The molecule has 24 heavy (non-hydrogen) atoms. The summed E-state index contributed by atoms with van der Waals surface area (Å²) in [6.45, 7) is 0.336. The maximum absolute atomic E-state index is 12.8. The number of ether oxygens (including phenoxy) is 2. The zero-order valence-corrected chi connectivity index (χ0v) is 13.2. The molecule has 0 radical (unpaired) electrons. The molecule has 0 atom stereocenters. The Hall–Kier alpha value is -2.63. The third-order valence-corrected chi connectivity index (χ3v) is 3.88. The Morgan fingerprint density at radius 2 is 1.67 bits per heavy atom. The van der Waals surface area contributed by atoms with Gasteiger partial charge in [0.2, 0.25) is 0 Å². The van der Waals surface area contributed by atoms with E-state index in [1.807, 2.05) is 29.0 Å². The molecule has 3 rings (SSSR count). The fourth-order valence-corrected chi connectivity index (χ4v) is 2.70. The molecule has 0 unspecified atom stereocenters. The van der Waals surface area contributed by atoms with Crippen molar-refractivity contribution in [3.05, 3.63) is 59.8 Å². The molecular weight excluding hydrogens is 319 g/mol. The predicted octanol–water partition coefficient (Wildman–Crippen LogP) is 4.73. The summed E-state index contributed by atoms with van der Waals surface area (Å²) in [5.74, 6) is 1.19. The van der Waals surface area contributed by atoms with Gasteiger partial charge < -0.3 is 14.0 Å². The highest BCUT2D eigenvalue weighted by Crippen LogP contribution is 2.33. The lowest BCUT2D eigenvalue weighted by atomic mass is 10.1. The van der Waals surface area contributed by atoms with Crippen LogP contribution < -0.4 is 9.47 Å². The molecule has 0 bridgehead atoms. The van der Waals surface area contributed by atoms with E-state index in [0.717, 1.165) is 17.0 Å². The fourth-order valence-electron chi connectivity index (χ4n) is 2.70. The Balaban J connectivity index is 1.99. The van der Waals surface area contributed by atoms with E-state index in [4.69, 9.17) is 9.47 Å². The zero-order chi connectivity index (χ0) is 17.3. The highest BCUT2D eigenvalue weighted by Gasteiger charge is 2.30. The topological polar surface area (TPSA) is 23.4 Å². The van der Waals surface area contributed by atoms with Gasteiger partial charge in [-0.15, -0.1) is 0 Å². The van der Waals surface area contributed by atoms with Crippen LogP contribution in [0.5, 0.6) is 11.5 Å². The van der Waals surface area contributed by atoms with Gasteiger partial charge in [-0.1, -0.05) is 12.1 Å². The van der Waals surface area contributed by atoms with Crippen molar-refractivity contribution < 1.29 is 22.6 Å². The van der Waals surface area contributed by atoms with Crippen molar-refractivity contribution in [2.45, 2.75) is 12.7 Å². The van der Waals surface area contributed by atoms with Crippen molar-refractivity contribution in [2.24, 2.45) is 0 Å². The van der Waals surface area contributed by atoms with E-state index in [0.29, 0.717) is 23.6 Å². The van der Waals surface area contributed by atoms with Gasteiger partial charge >= 0.3 is 6.18 Å². The highest BCUT2D eigenvalue weighted by molar-refractivity contribution is 5.84. The first-order valence-corrected chi connectivity index (χ1v) is 7.29. The van der Waals surface area contributed by atoms with Gasteiger partial charge in [0.05, 0.1) is 25.3 Å². The molecule has 0 aliphatic heterocycles. The van der Waals surface area contributed by atoms with Crippen LogP contribution in [0.4, 0.5) is 13.2 Å². The summed E-state index contributed by atoms with van der Waals surface area (Å²) >= 11 is 0. The number of hydrogen-bond acceptors (Lipinski definition) is 2. The normalized spacial score (nSPS) is 11.7. The third-order valence-electron chi connectivity index (χ3n) is 3.88. The van der Waals surface area contributed by atoms with Crippen molar-refractivity contribution in [1.82, 2.24) is 4.57 Å². The minimum absolute atomic E-state index is 0.336. The summed E-state index contributed by atoms with van der Waals surface area (Å²) in [4.78, 5) is 0. The van der Waals surface area contributed by atoms with Crippen LogP contribution >= 0.6 is 0 Å². The Morgan fingerprint density at radius 3 is 2.33 bits per heavy atom. The number of hydrogen-bond donors (Lipinski definition) is 0. The van der Waals surface area contributed by atoms with Crippen molar-refractivity contribution in [2.75, 3.05) is 14.2 Å². The number of aromatic nitrogens is 1. The van der Waals surface area contributed by atoms with Crippen LogP contribution in [-0.2, 0) is 12.7 Å². The maximum Gasteiger partial charge on any atom is 0.416 e. The van der Waals surface area contributed by atoms with E-state index >= 15 is 0 Å². The predicted molar refractivity (Wildman–Crippen MR) is 85.6 cm³/mol. The lowest BCUT2D eigenvalue weighted by Crippen LogP contribution is -2.06. The second-order valence-electron chi connectivity index (χ2n) is 5.41. The van der Waals surface area contributed by atoms with E-state index in [1.54, 1.807) is 20.3 Å². The molecule has 1 heterocycles. The number of rotatable bonds is 4. The van der Waals surface area contributed by atoms with E-state index < -0.39 is 11.7 Å². The van der Waals surface area contributed by atoms with Gasteiger partial charge in [0.15, 0.2) is 11.5 Å². The minimum atomic E-state index is -4.34. The lowest BCUT2D eigenvalue weighted by molar-refractivity contribution is -0.137. The highest BCUT2D eigenvalue weighted by atomic mass is 19.4. The monoisotopic (exact) mass is 335 g/mol. The number of halogens is 3. The largest absolute Gasteiger partial charge is 0.493 e. The average molecular weight is 335 g/mol. The van der Waals surface area contributed by atoms with Crippen molar-refractivity contribution in [1.29, 1.82) is 0 Å². The van der Waals surface area contributed by atoms with Gasteiger partial charge in [-0.25, -0.2) is 0 Å². The van der Waals surface area contributed by atoms with Crippen molar-refractivity contribution in [3.8, 4) is 11.5 Å². The first-order valence-electron chi connectivity index (χ1n) is 7.29. The molecule has 0 N–H and O–H groups in total. The van der Waals surface area contributed by atoms with Gasteiger partial charge in [-0.05, 0) is 29.8 Å². The van der Waals surface area contributed by atoms with Crippen LogP contribution in [0, 0.1) is 0 Å². The molecule has 2 aromatic carbocycles. The Morgan fingerprint density at radius 1 is 0.958 bits per heavy atom. The van der Waals surface area contributed by atoms with Crippen molar-refractivity contribution in [3.63, 3.8) is 0 Å². The molecule has 0 fully saturated rings. The Kier molecular flexibility index (Phi) is 4.13. The molecule has 6 heteroatoms. The maximum atomic E-state index is 12.8. The van der Waals surface area contributed by atoms with Crippen LogP contribution in [0.2, 0.25) is 0 Å². The quantitative estimate of drug-likeness (QED) is 0.688. The first-order chi connectivity index (χ1) is 11.4. The fraction of sp³-hybridized carbons (Fsp3) is 0.222. The average Bonchev–Trinajstić information content (AvgIpc) is 2.95. The summed E-state index contributed by atoms with van der Waals surface area (Å²) in [6, 6.07) is 10.9. The van der Waals surface area contributed by atoms with Crippen molar-refractivity contribution >= 4 is 10.9 Å². The minimum Gasteiger partial charge on any atom is -0.493 e. The molecule has 0 spiro atoms. The lowest BCUT2D eigenvalue weighted by Gasteiger charge is -2.12. The summed E-state index contributed by atoms with van der Waals surface area (Å²) in [7, 11) is 3.10. The molecule has 3 nitrogen and oxygen atoms in total. The molecular formula is C18H16F3NO2. The van der Waals surface area contributed by atoms with Gasteiger partial charge in [0, 0.05) is 24.2 Å². The molecule has 126 valence electrons. The molecule has 0 amide bonds. The summed E-state index contributed by atoms with van der Waals surface area (Å²) in [5, 5.41) is 0.930. The SMILES string of the molecule is COc1cc2ccn(Cc3cccc(C(F)(F)F)c3)c2cc1OC. The Bertz CT molecular complexity index is 868. The zero-order valence-electron chi connectivity index (χ0n) is 13.2. The molecule has 3 aromatic rings. The van der Waals surface area contributed by atoms with Crippen LogP contribution in [0.25, 0.3) is 10.9 Å². The van der Waals surface area contributed by atoms with Gasteiger partial charge in [0.1, 0.15) is 0 Å². The number of fused-ring (bicyclic) bond motifs is 1. The molecule has 0 aliphatic rings. The summed E-state index contributed by atoms with van der Waals surface area (Å²) < 4.78 is 51.0. The van der Waals surface area contributed by atoms with Crippen LogP contribution in [0.3, 0.4) is 0 Å². The van der Waals surface area contributed by atoms with E-state index in [1.165, 1.54) is 12.1 Å². The first kappa shape index (κ1) is 16.2. The molecule has 0 saturated carbocycles. The van der Waals surface area contributed by atoms with Gasteiger partial charge in [-0.3, -0.25) is 0 Å². The van der Waals surface area contributed by atoms with E-state index in [-0.39, 0.29) is 0 Å². The second kappa shape index (κ2) is 6.11. The van der Waals surface area contributed by atoms with Crippen LogP contribution in [0.1, 0.15) is 11.1 Å². The number of benzene rings is 2. The van der Waals surface area contributed by atoms with E-state index in [9.17, 15) is 13.2 Å². The van der Waals surface area contributed by atoms with Gasteiger partial charge in [0.25, 0.3) is 0 Å². The third kappa shape index (κ3) is 3.04. The van der Waals surface area contributed by atoms with Gasteiger partial charge in [-0.2, -0.15) is 13.2 Å². The molecule has 0 aliphatic carbocycles. The Labute approximate surface area is 137 Å². The summed E-state index contributed by atoms with van der Waals surface area (Å²) in [6.07, 6.45) is -2.50. The van der Waals surface area contributed by atoms with E-state index in [2.05, 4.69) is 0 Å². The number of nitrogens with zero attached hydrogens (tertiary/aromatic N) is 1. The van der Waals surface area contributed by atoms with Crippen LogP contribution in [0.15, 0.2) is 48.7 Å².